The Balaban J connectivity index is 2.63. The minimum Gasteiger partial charge on any atom is -0.371 e. The van der Waals surface area contributed by atoms with Gasteiger partial charge in [-0.2, -0.15) is 4.37 Å². The van der Waals surface area contributed by atoms with Gasteiger partial charge in [0.1, 0.15) is 0 Å². The van der Waals surface area contributed by atoms with Gasteiger partial charge >= 0.3 is 0 Å². The Kier molecular flexibility index (Phi) is 1.85. The summed E-state index contributed by atoms with van der Waals surface area (Å²) in [5, 5.41) is 0. The highest BCUT2D eigenvalue weighted by molar-refractivity contribution is 7.92. The molecule has 0 atom stereocenters. The SMILES string of the molecule is CN1CCc2nsc(S(C)(=O)=O)c21. The molecule has 0 fully saturated rings. The van der Waals surface area contributed by atoms with E-state index in [1.165, 1.54) is 6.26 Å². The minimum absolute atomic E-state index is 0.405. The lowest BCUT2D eigenvalue weighted by Crippen LogP contribution is -2.14. The zero-order valence-corrected chi connectivity index (χ0v) is 9.07. The molecule has 0 N–H and O–H groups in total. The molecule has 0 spiro atoms. The average molecular weight is 218 g/mol. The molecule has 1 aliphatic heterocycles. The number of sulfone groups is 1. The van der Waals surface area contributed by atoms with Crippen LogP contribution in [0.25, 0.3) is 0 Å². The fourth-order valence-corrected chi connectivity index (χ4v) is 3.48. The third-order valence-electron chi connectivity index (χ3n) is 2.11. The number of hydrogen-bond donors (Lipinski definition) is 0. The van der Waals surface area contributed by atoms with E-state index in [4.69, 9.17) is 0 Å². The van der Waals surface area contributed by atoms with Crippen molar-refractivity contribution in [3.05, 3.63) is 5.69 Å². The number of rotatable bonds is 1. The van der Waals surface area contributed by atoms with Crippen molar-refractivity contribution in [2.24, 2.45) is 0 Å². The van der Waals surface area contributed by atoms with Crippen molar-refractivity contribution in [2.75, 3.05) is 24.7 Å². The summed E-state index contributed by atoms with van der Waals surface area (Å²) < 4.78 is 27.2. The van der Waals surface area contributed by atoms with Crippen molar-refractivity contribution in [3.8, 4) is 0 Å². The largest absolute Gasteiger partial charge is 0.371 e. The van der Waals surface area contributed by atoms with Crippen LogP contribution in [0.2, 0.25) is 0 Å². The summed E-state index contributed by atoms with van der Waals surface area (Å²) in [5.41, 5.74) is 1.74. The zero-order valence-electron chi connectivity index (χ0n) is 7.44. The van der Waals surface area contributed by atoms with Crippen LogP contribution in [0.4, 0.5) is 5.69 Å². The maximum atomic E-state index is 11.3. The molecule has 0 unspecified atom stereocenters. The van der Waals surface area contributed by atoms with Crippen LogP contribution in [0.3, 0.4) is 0 Å². The second kappa shape index (κ2) is 2.68. The summed E-state index contributed by atoms with van der Waals surface area (Å²) in [5.74, 6) is 0. The van der Waals surface area contributed by atoms with Gasteiger partial charge in [0.2, 0.25) is 0 Å². The minimum atomic E-state index is -3.10. The zero-order chi connectivity index (χ0) is 9.64. The summed E-state index contributed by atoms with van der Waals surface area (Å²) in [6.07, 6.45) is 2.09. The molecule has 2 rings (SSSR count). The van der Waals surface area contributed by atoms with Gasteiger partial charge < -0.3 is 4.90 Å². The maximum absolute atomic E-state index is 11.3. The Morgan fingerprint density at radius 1 is 1.54 bits per heavy atom. The molecule has 1 aliphatic rings. The Morgan fingerprint density at radius 3 is 2.85 bits per heavy atom. The van der Waals surface area contributed by atoms with Crippen LogP contribution in [0.1, 0.15) is 5.69 Å². The molecule has 0 saturated carbocycles. The quantitative estimate of drug-likeness (QED) is 0.690. The lowest BCUT2D eigenvalue weighted by Gasteiger charge is -2.10. The molecule has 4 nitrogen and oxygen atoms in total. The van der Waals surface area contributed by atoms with E-state index >= 15 is 0 Å². The third-order valence-corrected chi connectivity index (χ3v) is 4.78. The Hall–Kier alpha value is -0.620. The number of aromatic nitrogens is 1. The Morgan fingerprint density at radius 2 is 2.23 bits per heavy atom. The van der Waals surface area contributed by atoms with Gasteiger partial charge in [0.15, 0.2) is 14.0 Å². The van der Waals surface area contributed by atoms with Gasteiger partial charge in [0, 0.05) is 26.3 Å². The molecule has 0 aromatic carbocycles. The van der Waals surface area contributed by atoms with Gasteiger partial charge in [-0.05, 0) is 11.5 Å². The first kappa shape index (κ1) is 8.96. The summed E-state index contributed by atoms with van der Waals surface area (Å²) in [6, 6.07) is 0. The molecule has 0 aliphatic carbocycles. The van der Waals surface area contributed by atoms with E-state index in [-0.39, 0.29) is 0 Å². The Bertz CT molecular complexity index is 435. The van der Waals surface area contributed by atoms with Gasteiger partial charge in [-0.1, -0.05) is 0 Å². The highest BCUT2D eigenvalue weighted by Crippen LogP contribution is 2.36. The second-order valence-corrected chi connectivity index (χ2v) is 6.19. The summed E-state index contributed by atoms with van der Waals surface area (Å²) >= 11 is 1.08. The molecular weight excluding hydrogens is 208 g/mol. The van der Waals surface area contributed by atoms with E-state index in [0.29, 0.717) is 4.21 Å². The van der Waals surface area contributed by atoms with Crippen LogP contribution in [0.15, 0.2) is 4.21 Å². The topological polar surface area (TPSA) is 50.3 Å². The van der Waals surface area contributed by atoms with Crippen molar-refractivity contribution in [2.45, 2.75) is 10.6 Å². The van der Waals surface area contributed by atoms with Crippen LogP contribution in [-0.4, -0.2) is 32.6 Å². The van der Waals surface area contributed by atoms with Crippen molar-refractivity contribution < 1.29 is 8.42 Å². The number of nitrogens with zero attached hydrogens (tertiary/aromatic N) is 2. The molecule has 6 heteroatoms. The van der Waals surface area contributed by atoms with Crippen LogP contribution in [-0.2, 0) is 16.3 Å². The van der Waals surface area contributed by atoms with Crippen molar-refractivity contribution in [1.82, 2.24) is 4.37 Å². The summed E-state index contributed by atoms with van der Waals surface area (Å²) in [7, 11) is -1.21. The number of hydrogen-bond acceptors (Lipinski definition) is 5. The number of anilines is 1. The van der Waals surface area contributed by atoms with Gasteiger partial charge in [-0.25, -0.2) is 8.42 Å². The predicted octanol–water partition coefficient (Wildman–Crippen LogP) is 0.539. The maximum Gasteiger partial charge on any atom is 0.188 e. The van der Waals surface area contributed by atoms with Crippen molar-refractivity contribution in [1.29, 1.82) is 0 Å². The molecule has 0 saturated heterocycles. The molecule has 0 bridgehead atoms. The fourth-order valence-electron chi connectivity index (χ4n) is 1.47. The first-order valence-corrected chi connectivity index (χ1v) is 6.56. The molecule has 0 amide bonds. The molecule has 1 aromatic heterocycles. The first-order valence-electron chi connectivity index (χ1n) is 3.90. The predicted molar refractivity (Wildman–Crippen MR) is 52.2 cm³/mol. The highest BCUT2D eigenvalue weighted by atomic mass is 32.2. The van der Waals surface area contributed by atoms with Crippen LogP contribution in [0.5, 0.6) is 0 Å². The van der Waals surface area contributed by atoms with Gasteiger partial charge in [0.05, 0.1) is 11.4 Å². The lowest BCUT2D eigenvalue weighted by molar-refractivity contribution is 0.604. The Labute approximate surface area is 81.3 Å². The van der Waals surface area contributed by atoms with E-state index in [0.717, 1.165) is 35.9 Å². The van der Waals surface area contributed by atoms with Gasteiger partial charge in [-0.3, -0.25) is 0 Å². The summed E-state index contributed by atoms with van der Waals surface area (Å²) in [6.45, 7) is 0.869. The smallest absolute Gasteiger partial charge is 0.188 e. The van der Waals surface area contributed by atoms with E-state index < -0.39 is 9.84 Å². The van der Waals surface area contributed by atoms with Crippen LogP contribution in [0, 0.1) is 0 Å². The standard InChI is InChI=1S/C7H10N2O2S2/c1-9-4-3-5-6(9)7(12-8-5)13(2,10)11/h3-4H2,1-2H3. The molecule has 13 heavy (non-hydrogen) atoms. The first-order chi connectivity index (χ1) is 6.00. The van der Waals surface area contributed by atoms with Gasteiger partial charge in [-0.15, -0.1) is 0 Å². The monoisotopic (exact) mass is 218 g/mol. The molecular formula is C7H10N2O2S2. The highest BCUT2D eigenvalue weighted by Gasteiger charge is 2.28. The fraction of sp³-hybridized carbons (Fsp3) is 0.571. The van der Waals surface area contributed by atoms with Crippen molar-refractivity contribution in [3.63, 3.8) is 0 Å². The lowest BCUT2D eigenvalue weighted by atomic mass is 10.3. The van der Waals surface area contributed by atoms with Gasteiger partial charge in [0.25, 0.3) is 0 Å². The van der Waals surface area contributed by atoms with Crippen molar-refractivity contribution >= 4 is 27.1 Å². The van der Waals surface area contributed by atoms with Crippen LogP contribution >= 0.6 is 11.5 Å². The normalized spacial score (nSPS) is 16.3. The van der Waals surface area contributed by atoms with E-state index in [9.17, 15) is 8.42 Å². The summed E-state index contributed by atoms with van der Waals surface area (Å²) in [4.78, 5) is 1.95. The molecule has 2 heterocycles. The van der Waals surface area contributed by atoms with Crippen LogP contribution < -0.4 is 4.90 Å². The number of fused-ring (bicyclic) bond motifs is 1. The second-order valence-electron chi connectivity index (χ2n) is 3.21. The van der Waals surface area contributed by atoms with E-state index in [2.05, 4.69) is 4.37 Å². The molecule has 0 radical (unpaired) electrons. The third kappa shape index (κ3) is 1.34. The number of likely N-dealkylation sites (N-methyl/N-ethyl adjacent to an activating group) is 1. The van der Waals surface area contributed by atoms with E-state index in [1.54, 1.807) is 0 Å². The van der Waals surface area contributed by atoms with E-state index in [1.807, 2.05) is 11.9 Å². The molecule has 72 valence electrons. The molecule has 1 aromatic rings. The average Bonchev–Trinajstić information content (AvgIpc) is 2.51.